The molecule has 144 valence electrons. The van der Waals surface area contributed by atoms with Gasteiger partial charge in [0.15, 0.2) is 0 Å². The number of anilines is 1. The van der Waals surface area contributed by atoms with Gasteiger partial charge in [-0.25, -0.2) is 4.39 Å². The van der Waals surface area contributed by atoms with Crippen molar-refractivity contribution < 1.29 is 14.0 Å². The maximum absolute atomic E-state index is 12.9. The van der Waals surface area contributed by atoms with E-state index in [0.717, 1.165) is 11.1 Å². The summed E-state index contributed by atoms with van der Waals surface area (Å²) in [5.74, 6) is -0.673. The Morgan fingerprint density at radius 1 is 1.18 bits per heavy atom. The number of carbonyl (C=O) groups is 2. The highest BCUT2D eigenvalue weighted by Crippen LogP contribution is 2.32. The molecule has 2 aromatic carbocycles. The number of nitrogens with one attached hydrogen (secondary N) is 1. The van der Waals surface area contributed by atoms with Crippen LogP contribution in [-0.4, -0.2) is 27.6 Å². The number of hydrogen-bond acceptors (Lipinski definition) is 4. The predicted octanol–water partition coefficient (Wildman–Crippen LogP) is 4.75. The Kier molecular flexibility index (Phi) is 6.59. The molecular weight excluding hydrogens is 395 g/mol. The van der Waals surface area contributed by atoms with Crippen molar-refractivity contribution in [1.29, 1.82) is 0 Å². The van der Waals surface area contributed by atoms with E-state index < -0.39 is 0 Å². The lowest BCUT2D eigenvalue weighted by Gasteiger charge is -2.14. The van der Waals surface area contributed by atoms with Gasteiger partial charge in [0.05, 0.1) is 4.91 Å². The highest BCUT2D eigenvalue weighted by molar-refractivity contribution is 8.26. The van der Waals surface area contributed by atoms with Gasteiger partial charge in [0.2, 0.25) is 5.91 Å². The molecule has 1 heterocycles. The number of nitrogens with zero attached hydrogens (tertiary/aromatic N) is 1. The number of benzene rings is 2. The third-order valence-electron chi connectivity index (χ3n) is 4.16. The van der Waals surface area contributed by atoms with Crippen LogP contribution < -0.4 is 5.32 Å². The number of carbonyl (C=O) groups excluding carboxylic acids is 2. The first-order valence-electron chi connectivity index (χ1n) is 8.80. The molecule has 0 aliphatic carbocycles. The van der Waals surface area contributed by atoms with Crippen LogP contribution in [0.15, 0.2) is 53.4 Å². The standard InChI is InChI=1S/C21H19FN2O2S2/c1-14-4-6-15(7-5-14)13-18-20(26)24(21(27)28-18)12-2-3-19(25)23-17-10-8-16(22)9-11-17/h4-11,13H,2-3,12H2,1H3,(H,23,25)/b18-13+. The molecular formula is C21H19FN2O2S2. The van der Waals surface area contributed by atoms with E-state index in [1.807, 2.05) is 37.3 Å². The molecule has 0 bridgehead atoms. The molecule has 1 aliphatic rings. The molecule has 4 nitrogen and oxygen atoms in total. The molecule has 0 aromatic heterocycles. The van der Waals surface area contributed by atoms with E-state index in [0.29, 0.717) is 27.9 Å². The van der Waals surface area contributed by atoms with Crippen molar-refractivity contribution in [3.63, 3.8) is 0 Å². The maximum Gasteiger partial charge on any atom is 0.266 e. The van der Waals surface area contributed by atoms with E-state index >= 15 is 0 Å². The average Bonchev–Trinajstić information content (AvgIpc) is 2.93. The first-order chi connectivity index (χ1) is 13.4. The van der Waals surface area contributed by atoms with Crippen molar-refractivity contribution in [2.24, 2.45) is 0 Å². The molecule has 2 amide bonds. The second-order valence-electron chi connectivity index (χ2n) is 6.40. The van der Waals surface area contributed by atoms with Crippen LogP contribution in [-0.2, 0) is 9.59 Å². The number of halogens is 1. The van der Waals surface area contributed by atoms with Gasteiger partial charge in [-0.3, -0.25) is 14.5 Å². The van der Waals surface area contributed by atoms with Crippen LogP contribution >= 0.6 is 24.0 Å². The lowest BCUT2D eigenvalue weighted by Crippen LogP contribution is -2.29. The maximum atomic E-state index is 12.9. The predicted molar refractivity (Wildman–Crippen MR) is 115 cm³/mol. The molecule has 2 aromatic rings. The van der Waals surface area contributed by atoms with Crippen molar-refractivity contribution in [3.8, 4) is 0 Å². The van der Waals surface area contributed by atoms with Gasteiger partial charge in [-0.05, 0) is 49.2 Å². The van der Waals surface area contributed by atoms with Crippen molar-refractivity contribution in [1.82, 2.24) is 4.90 Å². The van der Waals surface area contributed by atoms with Gasteiger partial charge >= 0.3 is 0 Å². The minimum Gasteiger partial charge on any atom is -0.326 e. The largest absolute Gasteiger partial charge is 0.326 e. The van der Waals surface area contributed by atoms with E-state index in [4.69, 9.17) is 12.2 Å². The molecule has 1 N–H and O–H groups in total. The van der Waals surface area contributed by atoms with Crippen LogP contribution in [0.3, 0.4) is 0 Å². The summed E-state index contributed by atoms with van der Waals surface area (Å²) < 4.78 is 13.4. The fourth-order valence-electron chi connectivity index (χ4n) is 2.66. The molecule has 7 heteroatoms. The fraction of sp³-hybridized carbons (Fsp3) is 0.190. The van der Waals surface area contributed by atoms with E-state index in [1.54, 1.807) is 0 Å². The van der Waals surface area contributed by atoms with Crippen LogP contribution in [0.1, 0.15) is 24.0 Å². The SMILES string of the molecule is Cc1ccc(/C=C2/SC(=S)N(CCCC(=O)Nc3ccc(F)cc3)C2=O)cc1. The Labute approximate surface area is 172 Å². The third-order valence-corrected chi connectivity index (χ3v) is 5.54. The van der Waals surface area contributed by atoms with Gasteiger partial charge in [-0.15, -0.1) is 0 Å². The van der Waals surface area contributed by atoms with Crippen LogP contribution in [0.2, 0.25) is 0 Å². The summed E-state index contributed by atoms with van der Waals surface area (Å²) in [6.45, 7) is 2.39. The van der Waals surface area contributed by atoms with Gasteiger partial charge in [-0.2, -0.15) is 0 Å². The topological polar surface area (TPSA) is 49.4 Å². The van der Waals surface area contributed by atoms with Crippen molar-refractivity contribution in [2.75, 3.05) is 11.9 Å². The fourth-order valence-corrected chi connectivity index (χ4v) is 3.97. The van der Waals surface area contributed by atoms with Gasteiger partial charge in [0, 0.05) is 18.7 Å². The Morgan fingerprint density at radius 2 is 1.86 bits per heavy atom. The molecule has 0 radical (unpaired) electrons. The van der Waals surface area contributed by atoms with Crippen LogP contribution in [0.25, 0.3) is 6.08 Å². The second-order valence-corrected chi connectivity index (χ2v) is 8.08. The molecule has 0 saturated carbocycles. The highest BCUT2D eigenvalue weighted by Gasteiger charge is 2.31. The number of thiocarbonyl (C=S) groups is 1. The minimum absolute atomic E-state index is 0.130. The second kappa shape index (κ2) is 9.12. The quantitative estimate of drug-likeness (QED) is 0.547. The van der Waals surface area contributed by atoms with Crippen molar-refractivity contribution in [3.05, 3.63) is 70.4 Å². The van der Waals surface area contributed by atoms with Crippen LogP contribution in [0, 0.1) is 12.7 Å². The Hall–Kier alpha value is -2.51. The summed E-state index contributed by atoms with van der Waals surface area (Å²) in [5, 5.41) is 2.70. The number of hydrogen-bond donors (Lipinski definition) is 1. The number of amides is 2. The van der Waals surface area contributed by atoms with E-state index in [1.165, 1.54) is 40.9 Å². The molecule has 3 rings (SSSR count). The van der Waals surface area contributed by atoms with Crippen LogP contribution in [0.5, 0.6) is 0 Å². The molecule has 28 heavy (non-hydrogen) atoms. The Balaban J connectivity index is 1.52. The molecule has 0 spiro atoms. The average molecular weight is 415 g/mol. The van der Waals surface area contributed by atoms with E-state index in [2.05, 4.69) is 5.32 Å². The normalized spacial score (nSPS) is 15.4. The Morgan fingerprint density at radius 3 is 2.54 bits per heavy atom. The molecule has 1 saturated heterocycles. The van der Waals surface area contributed by atoms with E-state index in [9.17, 15) is 14.0 Å². The van der Waals surface area contributed by atoms with Gasteiger partial charge in [-0.1, -0.05) is 53.8 Å². The first kappa shape index (κ1) is 20.2. The molecule has 0 unspecified atom stereocenters. The summed E-state index contributed by atoms with van der Waals surface area (Å²) in [4.78, 5) is 26.7. The smallest absolute Gasteiger partial charge is 0.266 e. The monoisotopic (exact) mass is 414 g/mol. The zero-order valence-electron chi connectivity index (χ0n) is 15.3. The summed E-state index contributed by atoms with van der Waals surface area (Å²) >= 11 is 6.60. The summed E-state index contributed by atoms with van der Waals surface area (Å²) in [6.07, 6.45) is 2.56. The number of aryl methyl sites for hydroxylation is 1. The highest BCUT2D eigenvalue weighted by atomic mass is 32.2. The minimum atomic E-state index is -0.356. The lowest BCUT2D eigenvalue weighted by atomic mass is 10.1. The van der Waals surface area contributed by atoms with Crippen LogP contribution in [0.4, 0.5) is 10.1 Å². The molecule has 1 aliphatic heterocycles. The summed E-state index contributed by atoms with van der Waals surface area (Å²) in [6, 6.07) is 13.5. The zero-order chi connectivity index (χ0) is 20.1. The summed E-state index contributed by atoms with van der Waals surface area (Å²) in [5.41, 5.74) is 2.64. The van der Waals surface area contributed by atoms with Gasteiger partial charge in [0.25, 0.3) is 5.91 Å². The first-order valence-corrected chi connectivity index (χ1v) is 10.0. The number of thioether (sulfide) groups is 1. The third kappa shape index (κ3) is 5.27. The molecule has 0 atom stereocenters. The van der Waals surface area contributed by atoms with E-state index in [-0.39, 0.29) is 24.1 Å². The van der Waals surface area contributed by atoms with Gasteiger partial charge in [0.1, 0.15) is 10.1 Å². The van der Waals surface area contributed by atoms with Gasteiger partial charge < -0.3 is 5.32 Å². The van der Waals surface area contributed by atoms with Crippen molar-refractivity contribution in [2.45, 2.75) is 19.8 Å². The van der Waals surface area contributed by atoms with Crippen molar-refractivity contribution >= 4 is 51.9 Å². The Bertz CT molecular complexity index is 924. The molecule has 1 fully saturated rings. The lowest BCUT2D eigenvalue weighted by molar-refractivity contribution is -0.122. The zero-order valence-corrected chi connectivity index (χ0v) is 16.9. The number of rotatable bonds is 6. The summed E-state index contributed by atoms with van der Waals surface area (Å²) in [7, 11) is 0.